The van der Waals surface area contributed by atoms with Crippen molar-refractivity contribution in [3.8, 4) is 84.0 Å². The standard InChI is InChI=1S/C85H101N/c1-7-11-15-19-23-27-51-84(52-28-24-20-16-12-8-2)80-55-64(6)33-47-76(80)77-49-45-71(60-82(77)84)74-56-73(69-38-34-65(62-86)35-39-69)57-75(58-74)72-46-50-79-78-48-44-70(68-42-40-67(41-43-68)66-36-31-63(5)32-37-66)59-81(78)85(83(79)61-72,53-29-25-21-17-13-9-3)54-30-26-22-18-14-10-4/h31-50,55-61H,7-30,51-54H2,1-6H3. The number of hydrogen-bond donors (Lipinski definition) is 0. The van der Waals surface area contributed by atoms with Crippen molar-refractivity contribution in [3.05, 3.63) is 203 Å². The lowest BCUT2D eigenvalue weighted by atomic mass is 9.69. The number of nitriles is 1. The molecule has 8 aromatic rings. The molecule has 446 valence electrons. The van der Waals surface area contributed by atoms with Gasteiger partial charge < -0.3 is 0 Å². The van der Waals surface area contributed by atoms with Crippen LogP contribution in [-0.4, -0.2) is 0 Å². The van der Waals surface area contributed by atoms with Gasteiger partial charge in [0.1, 0.15) is 0 Å². The highest BCUT2D eigenvalue weighted by molar-refractivity contribution is 5.90. The summed E-state index contributed by atoms with van der Waals surface area (Å²) in [5.41, 5.74) is 27.8. The average molecular weight is 1140 g/mol. The van der Waals surface area contributed by atoms with Gasteiger partial charge in [0, 0.05) is 10.8 Å². The number of unbranched alkanes of at least 4 members (excludes halogenated alkanes) is 20. The fraction of sp³-hybridized carbons (Fsp3) is 0.424. The minimum absolute atomic E-state index is 0.00909. The van der Waals surface area contributed by atoms with Crippen LogP contribution < -0.4 is 0 Å². The summed E-state index contributed by atoms with van der Waals surface area (Å²) in [6, 6.07) is 66.5. The van der Waals surface area contributed by atoms with Crippen molar-refractivity contribution in [2.45, 2.75) is 232 Å². The molecule has 0 amide bonds. The van der Waals surface area contributed by atoms with Crippen LogP contribution in [-0.2, 0) is 10.8 Å². The second kappa shape index (κ2) is 30.2. The minimum Gasteiger partial charge on any atom is -0.192 e. The van der Waals surface area contributed by atoms with E-state index < -0.39 is 0 Å². The van der Waals surface area contributed by atoms with Crippen LogP contribution in [0.2, 0.25) is 0 Å². The van der Waals surface area contributed by atoms with E-state index in [0.29, 0.717) is 5.56 Å². The molecule has 0 saturated heterocycles. The van der Waals surface area contributed by atoms with Crippen LogP contribution >= 0.6 is 0 Å². The Hall–Kier alpha value is -6.75. The van der Waals surface area contributed by atoms with E-state index in [2.05, 4.69) is 199 Å². The maximum atomic E-state index is 9.96. The number of hydrogen-bond acceptors (Lipinski definition) is 1. The second-order valence-corrected chi connectivity index (χ2v) is 26.5. The first kappa shape index (κ1) is 62.3. The van der Waals surface area contributed by atoms with Crippen molar-refractivity contribution >= 4 is 0 Å². The molecule has 0 bridgehead atoms. The van der Waals surface area contributed by atoms with Crippen LogP contribution in [0, 0.1) is 25.2 Å². The third-order valence-corrected chi connectivity index (χ3v) is 20.3. The molecule has 0 N–H and O–H groups in total. The number of fused-ring (bicyclic) bond motifs is 6. The summed E-state index contributed by atoms with van der Waals surface area (Å²) in [6.45, 7) is 13.8. The Morgan fingerprint density at radius 3 is 0.884 bits per heavy atom. The highest BCUT2D eigenvalue weighted by Gasteiger charge is 2.44. The fourth-order valence-corrected chi connectivity index (χ4v) is 15.3. The van der Waals surface area contributed by atoms with E-state index in [1.165, 1.54) is 269 Å². The molecule has 0 heterocycles. The first-order valence-electron chi connectivity index (χ1n) is 34.6. The van der Waals surface area contributed by atoms with Crippen molar-refractivity contribution in [2.24, 2.45) is 0 Å². The zero-order valence-electron chi connectivity index (χ0n) is 53.8. The summed E-state index contributed by atoms with van der Waals surface area (Å²) >= 11 is 0. The van der Waals surface area contributed by atoms with Crippen molar-refractivity contribution in [1.29, 1.82) is 5.26 Å². The molecule has 0 atom stereocenters. The first-order chi connectivity index (χ1) is 42.2. The molecule has 2 aliphatic carbocycles. The predicted octanol–water partition coefficient (Wildman–Crippen LogP) is 26.0. The van der Waals surface area contributed by atoms with Gasteiger partial charge >= 0.3 is 0 Å². The van der Waals surface area contributed by atoms with Gasteiger partial charge in [0.25, 0.3) is 0 Å². The van der Waals surface area contributed by atoms with E-state index in [1.54, 1.807) is 16.7 Å². The average Bonchev–Trinajstić information content (AvgIpc) is 1.66. The maximum absolute atomic E-state index is 9.96. The van der Waals surface area contributed by atoms with Crippen LogP contribution in [0.3, 0.4) is 0 Å². The third kappa shape index (κ3) is 14.3. The Bertz CT molecular complexity index is 3470. The summed E-state index contributed by atoms with van der Waals surface area (Å²) < 4.78 is 0. The van der Waals surface area contributed by atoms with Gasteiger partial charge in [-0.25, -0.2) is 0 Å². The van der Waals surface area contributed by atoms with Gasteiger partial charge in [-0.2, -0.15) is 5.26 Å². The van der Waals surface area contributed by atoms with E-state index in [9.17, 15) is 5.26 Å². The van der Waals surface area contributed by atoms with Gasteiger partial charge in [-0.05, 0) is 188 Å². The Balaban J connectivity index is 1.09. The molecular weight excluding hydrogens is 1030 g/mol. The molecule has 8 aromatic carbocycles. The van der Waals surface area contributed by atoms with Gasteiger partial charge in [-0.3, -0.25) is 0 Å². The summed E-state index contributed by atoms with van der Waals surface area (Å²) in [6.07, 6.45) is 36.0. The zero-order valence-corrected chi connectivity index (χ0v) is 53.8. The van der Waals surface area contributed by atoms with Gasteiger partial charge in [0.15, 0.2) is 0 Å². The van der Waals surface area contributed by atoms with Crippen LogP contribution in [0.15, 0.2) is 164 Å². The summed E-state index contributed by atoms with van der Waals surface area (Å²) in [7, 11) is 0. The highest BCUT2D eigenvalue weighted by atomic mass is 14.5. The highest BCUT2D eigenvalue weighted by Crippen LogP contribution is 2.58. The fourth-order valence-electron chi connectivity index (χ4n) is 15.3. The lowest BCUT2D eigenvalue weighted by Gasteiger charge is -2.33. The monoisotopic (exact) mass is 1140 g/mol. The molecule has 10 rings (SSSR count). The van der Waals surface area contributed by atoms with Crippen molar-refractivity contribution < 1.29 is 0 Å². The molecule has 0 unspecified atom stereocenters. The van der Waals surface area contributed by atoms with Crippen molar-refractivity contribution in [2.75, 3.05) is 0 Å². The molecular formula is C85H101N. The molecule has 0 saturated carbocycles. The van der Waals surface area contributed by atoms with Crippen molar-refractivity contribution in [1.82, 2.24) is 0 Å². The molecule has 2 aliphatic rings. The van der Waals surface area contributed by atoms with Gasteiger partial charge in [0.05, 0.1) is 11.6 Å². The van der Waals surface area contributed by atoms with Crippen LogP contribution in [0.25, 0.3) is 77.9 Å². The zero-order chi connectivity index (χ0) is 59.7. The largest absolute Gasteiger partial charge is 0.192 e. The van der Waals surface area contributed by atoms with Crippen LogP contribution in [0.5, 0.6) is 0 Å². The summed E-state index contributed by atoms with van der Waals surface area (Å²) in [4.78, 5) is 0. The Labute approximate surface area is 521 Å². The molecule has 1 nitrogen and oxygen atoms in total. The molecule has 0 radical (unpaired) electrons. The molecule has 0 aromatic heterocycles. The normalized spacial score (nSPS) is 13.3. The third-order valence-electron chi connectivity index (χ3n) is 20.3. The molecule has 0 fully saturated rings. The van der Waals surface area contributed by atoms with E-state index in [4.69, 9.17) is 0 Å². The lowest BCUT2D eigenvalue weighted by Crippen LogP contribution is -2.25. The number of rotatable bonds is 33. The van der Waals surface area contributed by atoms with E-state index in [0.717, 1.165) is 5.56 Å². The van der Waals surface area contributed by atoms with Crippen LogP contribution in [0.4, 0.5) is 0 Å². The number of aryl methyl sites for hydroxylation is 2. The van der Waals surface area contributed by atoms with Crippen molar-refractivity contribution in [3.63, 3.8) is 0 Å². The summed E-state index contributed by atoms with van der Waals surface area (Å²) in [5.74, 6) is 0. The second-order valence-electron chi connectivity index (χ2n) is 26.5. The smallest absolute Gasteiger partial charge is 0.0991 e. The Kier molecular flexibility index (Phi) is 21.9. The molecule has 86 heavy (non-hydrogen) atoms. The molecule has 1 heteroatoms. The van der Waals surface area contributed by atoms with E-state index >= 15 is 0 Å². The first-order valence-corrected chi connectivity index (χ1v) is 34.6. The number of benzene rings is 8. The quantitative estimate of drug-likeness (QED) is 0.0376. The topological polar surface area (TPSA) is 23.8 Å². The summed E-state index contributed by atoms with van der Waals surface area (Å²) in [5, 5.41) is 9.96. The predicted molar refractivity (Wildman–Crippen MR) is 372 cm³/mol. The minimum atomic E-state index is -0.0930. The van der Waals surface area contributed by atoms with E-state index in [-0.39, 0.29) is 10.8 Å². The lowest BCUT2D eigenvalue weighted by molar-refractivity contribution is 0.398. The maximum Gasteiger partial charge on any atom is 0.0991 e. The molecule has 0 aliphatic heterocycles. The van der Waals surface area contributed by atoms with Crippen LogP contribution in [0.1, 0.15) is 246 Å². The van der Waals surface area contributed by atoms with Gasteiger partial charge in [0.2, 0.25) is 0 Å². The van der Waals surface area contributed by atoms with Gasteiger partial charge in [-0.15, -0.1) is 0 Å². The molecule has 0 spiro atoms. The SMILES string of the molecule is CCCCCCCCC1(CCCCCCCC)c2cc(C)ccc2-c2ccc(-c3cc(-c4ccc(C#N)cc4)cc(-c4ccc5c(c4)C(CCCCCCCC)(CCCCCCCC)c4cc(-c6ccc(-c7ccc(C)cc7)cc6)ccc4-5)c3)cc21. The van der Waals surface area contributed by atoms with Gasteiger partial charge in [-0.1, -0.05) is 308 Å². The number of nitrogens with zero attached hydrogens (tertiary/aromatic N) is 1. The Morgan fingerprint density at radius 1 is 0.256 bits per heavy atom. The Morgan fingerprint density at radius 2 is 0.512 bits per heavy atom. The van der Waals surface area contributed by atoms with E-state index in [1.807, 2.05) is 12.1 Å².